The Labute approximate surface area is 169 Å². The van der Waals surface area contributed by atoms with Crippen molar-refractivity contribution in [3.63, 3.8) is 0 Å². The van der Waals surface area contributed by atoms with Gasteiger partial charge in [0.1, 0.15) is 11.2 Å². The number of fused-ring (bicyclic) bond motifs is 1. The number of amides is 1. The number of anilines is 1. The number of nitrogens with one attached hydrogen (secondary N) is 2. The number of carbonyl (C=O) groups is 1. The van der Waals surface area contributed by atoms with E-state index >= 15 is 0 Å². The molecule has 2 N–H and O–H groups in total. The van der Waals surface area contributed by atoms with Gasteiger partial charge in [0.15, 0.2) is 10.8 Å². The van der Waals surface area contributed by atoms with Crippen molar-refractivity contribution in [2.24, 2.45) is 0 Å². The molecule has 1 amide bonds. The molecule has 0 bridgehead atoms. The normalized spacial score (nSPS) is 12.1. The van der Waals surface area contributed by atoms with Gasteiger partial charge in [0.25, 0.3) is 5.56 Å². The highest BCUT2D eigenvalue weighted by atomic mass is 32.2. The summed E-state index contributed by atoms with van der Waals surface area (Å²) in [7, 11) is 0. The van der Waals surface area contributed by atoms with Crippen LogP contribution < -0.4 is 10.9 Å². The van der Waals surface area contributed by atoms with E-state index in [4.69, 9.17) is 0 Å². The Kier molecular flexibility index (Phi) is 5.13. The summed E-state index contributed by atoms with van der Waals surface area (Å²) in [6.07, 6.45) is 1.47. The van der Waals surface area contributed by atoms with Gasteiger partial charge in [0.05, 0.1) is 17.1 Å². The highest BCUT2D eigenvalue weighted by molar-refractivity contribution is 8.00. The van der Waals surface area contributed by atoms with Gasteiger partial charge >= 0.3 is 0 Å². The van der Waals surface area contributed by atoms with E-state index in [1.165, 1.54) is 30.5 Å². The zero-order chi connectivity index (χ0) is 20.4. The lowest BCUT2D eigenvalue weighted by molar-refractivity contribution is -0.115. The van der Waals surface area contributed by atoms with Crippen LogP contribution in [0.15, 0.2) is 70.7 Å². The van der Waals surface area contributed by atoms with Crippen LogP contribution in [0.3, 0.4) is 0 Å². The van der Waals surface area contributed by atoms with E-state index in [1.807, 2.05) is 30.3 Å². The minimum absolute atomic E-state index is 0.291. The molecule has 2 aromatic carbocycles. The number of benzene rings is 2. The van der Waals surface area contributed by atoms with Crippen molar-refractivity contribution in [2.75, 3.05) is 5.32 Å². The van der Waals surface area contributed by atoms with Gasteiger partial charge in [-0.2, -0.15) is 5.10 Å². The van der Waals surface area contributed by atoms with Gasteiger partial charge in [-0.3, -0.25) is 9.59 Å². The first kappa shape index (κ1) is 18.9. The average molecular weight is 409 g/mol. The van der Waals surface area contributed by atoms with Crippen LogP contribution in [-0.4, -0.2) is 30.9 Å². The van der Waals surface area contributed by atoms with Crippen LogP contribution in [0.2, 0.25) is 0 Å². The highest BCUT2D eigenvalue weighted by Crippen LogP contribution is 2.22. The maximum Gasteiger partial charge on any atom is 0.262 e. The number of hydrogen-bond donors (Lipinski definition) is 2. The third-order valence-electron chi connectivity index (χ3n) is 4.19. The Morgan fingerprint density at radius 2 is 1.90 bits per heavy atom. The molecule has 0 unspecified atom stereocenters. The largest absolute Gasteiger partial charge is 0.325 e. The summed E-state index contributed by atoms with van der Waals surface area (Å²) in [5, 5.41) is 7.09. The van der Waals surface area contributed by atoms with Crippen molar-refractivity contribution in [1.82, 2.24) is 19.7 Å². The molecule has 0 radical (unpaired) electrons. The lowest BCUT2D eigenvalue weighted by Crippen LogP contribution is -2.23. The summed E-state index contributed by atoms with van der Waals surface area (Å²) in [6, 6.07) is 14.8. The maximum atomic E-state index is 13.0. The molecule has 1 atom stereocenters. The molecule has 146 valence electrons. The second kappa shape index (κ2) is 7.88. The van der Waals surface area contributed by atoms with Gasteiger partial charge in [0.2, 0.25) is 5.91 Å². The summed E-state index contributed by atoms with van der Waals surface area (Å²) in [5.74, 6) is -0.670. The topological polar surface area (TPSA) is 92.7 Å². The van der Waals surface area contributed by atoms with Crippen molar-refractivity contribution < 1.29 is 9.18 Å². The summed E-state index contributed by atoms with van der Waals surface area (Å²) in [5.41, 5.74) is 1.35. The number of nitrogens with zero attached hydrogens (tertiary/aromatic N) is 3. The van der Waals surface area contributed by atoms with Crippen LogP contribution >= 0.6 is 11.8 Å². The minimum atomic E-state index is -0.547. The molecule has 0 spiro atoms. The van der Waals surface area contributed by atoms with E-state index in [9.17, 15) is 14.0 Å². The molecular weight excluding hydrogens is 393 g/mol. The van der Waals surface area contributed by atoms with Crippen molar-refractivity contribution in [1.29, 1.82) is 0 Å². The summed E-state index contributed by atoms with van der Waals surface area (Å²) in [4.78, 5) is 32.0. The monoisotopic (exact) mass is 409 g/mol. The Bertz CT molecular complexity index is 1220. The van der Waals surface area contributed by atoms with Crippen molar-refractivity contribution in [2.45, 2.75) is 17.3 Å². The molecule has 0 aliphatic heterocycles. The number of aromatic nitrogens is 4. The predicted octanol–water partition coefficient (Wildman–Crippen LogP) is 3.37. The van der Waals surface area contributed by atoms with Gasteiger partial charge in [-0.1, -0.05) is 30.0 Å². The second-order valence-corrected chi connectivity index (χ2v) is 7.59. The van der Waals surface area contributed by atoms with E-state index in [-0.39, 0.29) is 17.3 Å². The SMILES string of the molecule is C[C@@H](Sc1nc2c(cnn2-c2ccccc2)c(=O)[nH]1)C(=O)Nc1ccc(F)cc1. The lowest BCUT2D eigenvalue weighted by Gasteiger charge is -2.11. The number of thioether (sulfide) groups is 1. The first-order valence-electron chi connectivity index (χ1n) is 8.78. The number of hydrogen-bond acceptors (Lipinski definition) is 5. The molecule has 29 heavy (non-hydrogen) atoms. The standard InChI is InChI=1S/C20H16FN5O2S/c1-12(18(27)23-14-9-7-13(21)8-10-14)29-20-24-17-16(19(28)25-20)11-22-26(17)15-5-3-2-4-6-15/h2-12H,1H3,(H,23,27)(H,24,25,28)/t12-/m1/s1. The molecule has 4 aromatic rings. The van der Waals surface area contributed by atoms with Crippen LogP contribution in [0, 0.1) is 5.82 Å². The molecule has 0 aliphatic carbocycles. The smallest absolute Gasteiger partial charge is 0.262 e. The van der Waals surface area contributed by atoms with E-state index in [2.05, 4.69) is 20.4 Å². The van der Waals surface area contributed by atoms with E-state index in [0.717, 1.165) is 17.4 Å². The highest BCUT2D eigenvalue weighted by Gasteiger charge is 2.18. The Hall–Kier alpha value is -3.46. The van der Waals surface area contributed by atoms with Crippen LogP contribution in [-0.2, 0) is 4.79 Å². The van der Waals surface area contributed by atoms with Crippen LogP contribution in [0.25, 0.3) is 16.7 Å². The maximum absolute atomic E-state index is 13.0. The van der Waals surface area contributed by atoms with Crippen molar-refractivity contribution in [3.05, 3.63) is 77.0 Å². The molecular formula is C20H16FN5O2S. The molecule has 0 saturated heterocycles. The van der Waals surface area contributed by atoms with E-state index in [1.54, 1.807) is 11.6 Å². The molecule has 0 fully saturated rings. The average Bonchev–Trinajstić information content (AvgIpc) is 3.15. The third-order valence-corrected chi connectivity index (χ3v) is 5.17. The third kappa shape index (κ3) is 4.04. The first-order valence-corrected chi connectivity index (χ1v) is 9.66. The lowest BCUT2D eigenvalue weighted by atomic mass is 10.3. The van der Waals surface area contributed by atoms with Crippen molar-refractivity contribution >= 4 is 34.4 Å². The van der Waals surface area contributed by atoms with Gasteiger partial charge in [-0.05, 0) is 43.3 Å². The van der Waals surface area contributed by atoms with Crippen LogP contribution in [0.1, 0.15) is 6.92 Å². The Balaban J connectivity index is 1.58. The molecule has 7 nitrogen and oxygen atoms in total. The Morgan fingerprint density at radius 3 is 2.62 bits per heavy atom. The Morgan fingerprint density at radius 1 is 1.17 bits per heavy atom. The van der Waals surface area contributed by atoms with Gasteiger partial charge < -0.3 is 10.3 Å². The number of rotatable bonds is 5. The van der Waals surface area contributed by atoms with E-state index < -0.39 is 5.25 Å². The van der Waals surface area contributed by atoms with Crippen molar-refractivity contribution in [3.8, 4) is 5.69 Å². The molecule has 0 saturated carbocycles. The van der Waals surface area contributed by atoms with Gasteiger partial charge in [-0.25, -0.2) is 14.1 Å². The molecule has 2 heterocycles. The molecule has 9 heteroatoms. The number of carbonyl (C=O) groups excluding carboxylic acids is 1. The first-order chi connectivity index (χ1) is 14.0. The number of H-pyrrole nitrogens is 1. The van der Waals surface area contributed by atoms with Gasteiger partial charge in [-0.15, -0.1) is 0 Å². The zero-order valence-electron chi connectivity index (χ0n) is 15.3. The van der Waals surface area contributed by atoms with Gasteiger partial charge in [0, 0.05) is 5.69 Å². The fourth-order valence-electron chi connectivity index (χ4n) is 2.71. The fourth-order valence-corrected chi connectivity index (χ4v) is 3.50. The quantitative estimate of drug-likeness (QED) is 0.389. The second-order valence-electron chi connectivity index (χ2n) is 6.26. The van der Waals surface area contributed by atoms with Crippen LogP contribution in [0.5, 0.6) is 0 Å². The molecule has 0 aliphatic rings. The fraction of sp³-hybridized carbons (Fsp3) is 0.100. The molecule has 2 aromatic heterocycles. The predicted molar refractivity (Wildman–Crippen MR) is 110 cm³/mol. The van der Waals surface area contributed by atoms with E-state index in [0.29, 0.717) is 21.9 Å². The summed E-state index contributed by atoms with van der Waals surface area (Å²) in [6.45, 7) is 1.70. The minimum Gasteiger partial charge on any atom is -0.325 e. The number of aromatic amines is 1. The molecule has 4 rings (SSSR count). The summed E-state index contributed by atoms with van der Waals surface area (Å²) < 4.78 is 14.6. The van der Waals surface area contributed by atoms with Crippen LogP contribution in [0.4, 0.5) is 10.1 Å². The number of halogens is 1. The number of para-hydroxylation sites is 1. The summed E-state index contributed by atoms with van der Waals surface area (Å²) >= 11 is 1.12. The zero-order valence-corrected chi connectivity index (χ0v) is 16.1.